The van der Waals surface area contributed by atoms with Crippen molar-refractivity contribution in [2.24, 2.45) is 10.8 Å². The lowest BCUT2D eigenvalue weighted by Crippen LogP contribution is -2.49. The highest BCUT2D eigenvalue weighted by atomic mass is 32.2. The Balaban J connectivity index is 1.36. The summed E-state index contributed by atoms with van der Waals surface area (Å²) in [6.45, 7) is 5.72. The van der Waals surface area contributed by atoms with Crippen LogP contribution < -0.4 is 0 Å². The van der Waals surface area contributed by atoms with Crippen molar-refractivity contribution in [1.82, 2.24) is 14.7 Å². The largest absolute Gasteiger partial charge is 0.342 e. The molecule has 2 heterocycles. The Labute approximate surface area is 210 Å². The molecule has 2 amide bonds. The van der Waals surface area contributed by atoms with Gasteiger partial charge in [-0.25, -0.2) is 8.42 Å². The Morgan fingerprint density at radius 1 is 1.03 bits per heavy atom. The molecule has 1 spiro atoms. The van der Waals surface area contributed by atoms with Gasteiger partial charge in [0.25, 0.3) is 0 Å². The third kappa shape index (κ3) is 5.29. The molecule has 0 bridgehead atoms. The molecule has 1 aromatic carbocycles. The Morgan fingerprint density at radius 2 is 1.63 bits per heavy atom. The summed E-state index contributed by atoms with van der Waals surface area (Å²) >= 11 is 0. The van der Waals surface area contributed by atoms with E-state index in [2.05, 4.69) is 49.3 Å². The SMILES string of the molecule is CN(C)[C@]1(c2ccccc2)CC[C@@]2(CC1)CC(=O)N(CCC(C)(C)C(=O)N1CCS(=O)(=O)CC1)C2. The number of carbonyl (C=O) groups excluding carboxylic acids is 2. The molecule has 0 unspecified atom stereocenters. The van der Waals surface area contributed by atoms with Crippen molar-refractivity contribution in [3.63, 3.8) is 0 Å². The molecule has 7 nitrogen and oxygen atoms in total. The molecule has 2 saturated heterocycles. The lowest BCUT2D eigenvalue weighted by Gasteiger charge is -2.49. The van der Waals surface area contributed by atoms with Gasteiger partial charge in [0.05, 0.1) is 11.5 Å². The van der Waals surface area contributed by atoms with Crippen LogP contribution in [-0.2, 0) is 25.0 Å². The lowest BCUT2D eigenvalue weighted by molar-refractivity contribution is -0.141. The van der Waals surface area contributed by atoms with Crippen LogP contribution in [0.1, 0.15) is 57.9 Å². The maximum Gasteiger partial charge on any atom is 0.228 e. The summed E-state index contributed by atoms with van der Waals surface area (Å²) in [7, 11) is 1.30. The first-order valence-corrected chi connectivity index (χ1v) is 14.7. The van der Waals surface area contributed by atoms with Crippen molar-refractivity contribution in [2.75, 3.05) is 51.8 Å². The van der Waals surface area contributed by atoms with Gasteiger partial charge in [-0.15, -0.1) is 0 Å². The maximum atomic E-state index is 13.1. The maximum absolute atomic E-state index is 13.1. The van der Waals surface area contributed by atoms with Crippen LogP contribution in [-0.4, -0.2) is 86.7 Å². The van der Waals surface area contributed by atoms with E-state index in [0.29, 0.717) is 19.4 Å². The van der Waals surface area contributed by atoms with E-state index >= 15 is 0 Å². The fourth-order valence-electron chi connectivity index (χ4n) is 6.32. The van der Waals surface area contributed by atoms with Crippen molar-refractivity contribution >= 4 is 21.7 Å². The topological polar surface area (TPSA) is 78.0 Å². The molecule has 3 aliphatic rings. The van der Waals surface area contributed by atoms with Gasteiger partial charge >= 0.3 is 0 Å². The van der Waals surface area contributed by atoms with Crippen LogP contribution >= 0.6 is 0 Å². The summed E-state index contributed by atoms with van der Waals surface area (Å²) in [6.07, 6.45) is 5.30. The minimum absolute atomic E-state index is 0.00921. The number of rotatable bonds is 6. The minimum Gasteiger partial charge on any atom is -0.342 e. The molecular formula is C27H41N3O4S. The normalized spacial score (nSPS) is 29.2. The van der Waals surface area contributed by atoms with E-state index in [9.17, 15) is 18.0 Å². The molecule has 1 aromatic rings. The van der Waals surface area contributed by atoms with Crippen LogP contribution in [0.25, 0.3) is 0 Å². The van der Waals surface area contributed by atoms with Crippen LogP contribution in [0.5, 0.6) is 0 Å². The predicted octanol–water partition coefficient (Wildman–Crippen LogP) is 2.91. The van der Waals surface area contributed by atoms with Gasteiger partial charge in [0.15, 0.2) is 9.84 Å². The van der Waals surface area contributed by atoms with Crippen LogP contribution in [0, 0.1) is 10.8 Å². The number of sulfone groups is 1. The zero-order chi connectivity index (χ0) is 25.5. The van der Waals surface area contributed by atoms with Gasteiger partial charge < -0.3 is 9.80 Å². The zero-order valence-electron chi connectivity index (χ0n) is 21.8. The van der Waals surface area contributed by atoms with Gasteiger partial charge in [0.1, 0.15) is 0 Å². The lowest BCUT2D eigenvalue weighted by atomic mass is 9.64. The fraction of sp³-hybridized carbons (Fsp3) is 0.704. The highest BCUT2D eigenvalue weighted by Crippen LogP contribution is 2.52. The summed E-state index contributed by atoms with van der Waals surface area (Å²) < 4.78 is 23.4. The first-order valence-electron chi connectivity index (χ1n) is 12.9. The molecule has 4 rings (SSSR count). The van der Waals surface area contributed by atoms with Gasteiger partial charge in [0.2, 0.25) is 11.8 Å². The molecule has 1 saturated carbocycles. The van der Waals surface area contributed by atoms with Crippen LogP contribution in [0.4, 0.5) is 0 Å². The Hall–Kier alpha value is -1.93. The molecular weight excluding hydrogens is 462 g/mol. The minimum atomic E-state index is -3.02. The highest BCUT2D eigenvalue weighted by Gasteiger charge is 2.50. The van der Waals surface area contributed by atoms with Gasteiger partial charge in [0, 0.05) is 43.6 Å². The standard InChI is InChI=1S/C27H41N3O4S/c1-25(2,24(32)29-16-18-35(33,34)19-17-29)14-15-30-21-26(20-23(30)31)10-12-27(13-11-26,28(3)4)22-8-6-5-7-9-22/h5-9H,10-21H2,1-4H3/t26-,27-. The monoisotopic (exact) mass is 503 g/mol. The molecule has 8 heteroatoms. The number of likely N-dealkylation sites (tertiary alicyclic amines) is 1. The number of carbonyl (C=O) groups is 2. The number of hydrogen-bond donors (Lipinski definition) is 0. The van der Waals surface area contributed by atoms with E-state index in [1.54, 1.807) is 4.90 Å². The van der Waals surface area contributed by atoms with Crippen LogP contribution in [0.2, 0.25) is 0 Å². The van der Waals surface area contributed by atoms with Crippen LogP contribution in [0.15, 0.2) is 30.3 Å². The number of hydrogen-bond acceptors (Lipinski definition) is 5. The Kier molecular flexibility index (Phi) is 7.10. The molecule has 0 aromatic heterocycles. The zero-order valence-corrected chi connectivity index (χ0v) is 22.6. The number of benzene rings is 1. The molecule has 0 atom stereocenters. The number of nitrogens with zero attached hydrogens (tertiary/aromatic N) is 3. The smallest absolute Gasteiger partial charge is 0.228 e. The second-order valence-electron chi connectivity index (χ2n) is 11.9. The first kappa shape index (κ1) is 26.1. The fourth-order valence-corrected chi connectivity index (χ4v) is 7.52. The van der Waals surface area contributed by atoms with Crippen molar-refractivity contribution < 1.29 is 18.0 Å². The second-order valence-corrected chi connectivity index (χ2v) is 14.2. The van der Waals surface area contributed by atoms with Crippen LogP contribution in [0.3, 0.4) is 0 Å². The summed E-state index contributed by atoms with van der Waals surface area (Å²) in [4.78, 5) is 32.1. The predicted molar refractivity (Wildman–Crippen MR) is 138 cm³/mol. The van der Waals surface area contributed by atoms with E-state index in [4.69, 9.17) is 0 Å². The average Bonchev–Trinajstić information content (AvgIpc) is 3.13. The van der Waals surface area contributed by atoms with Gasteiger partial charge in [-0.05, 0) is 57.2 Å². The highest BCUT2D eigenvalue weighted by molar-refractivity contribution is 7.91. The summed E-state index contributed by atoms with van der Waals surface area (Å²) in [6, 6.07) is 10.7. The summed E-state index contributed by atoms with van der Waals surface area (Å²) in [5.41, 5.74) is 0.767. The molecule has 0 radical (unpaired) electrons. The molecule has 1 aliphatic carbocycles. The van der Waals surface area contributed by atoms with E-state index in [-0.39, 0.29) is 47.4 Å². The number of amides is 2. The quantitative estimate of drug-likeness (QED) is 0.597. The second kappa shape index (κ2) is 9.51. The first-order chi connectivity index (χ1) is 16.4. The third-order valence-electron chi connectivity index (χ3n) is 8.93. The molecule has 3 fully saturated rings. The van der Waals surface area contributed by atoms with Crippen molar-refractivity contribution in [3.05, 3.63) is 35.9 Å². The van der Waals surface area contributed by atoms with Gasteiger partial charge in [-0.2, -0.15) is 0 Å². The van der Waals surface area contributed by atoms with Crippen molar-refractivity contribution in [2.45, 2.75) is 57.9 Å². The molecule has 2 aliphatic heterocycles. The van der Waals surface area contributed by atoms with Crippen molar-refractivity contribution in [1.29, 1.82) is 0 Å². The molecule has 194 valence electrons. The van der Waals surface area contributed by atoms with Gasteiger partial charge in [-0.3, -0.25) is 14.5 Å². The van der Waals surface area contributed by atoms with Gasteiger partial charge in [-0.1, -0.05) is 44.2 Å². The van der Waals surface area contributed by atoms with Crippen molar-refractivity contribution in [3.8, 4) is 0 Å². The molecule has 35 heavy (non-hydrogen) atoms. The molecule has 0 N–H and O–H groups in total. The summed E-state index contributed by atoms with van der Waals surface area (Å²) in [5, 5.41) is 0. The Bertz CT molecular complexity index is 1030. The van der Waals surface area contributed by atoms with E-state index in [0.717, 1.165) is 32.2 Å². The van der Waals surface area contributed by atoms with E-state index in [1.807, 2.05) is 18.7 Å². The van der Waals surface area contributed by atoms with E-state index in [1.165, 1.54) is 5.56 Å². The average molecular weight is 504 g/mol. The third-order valence-corrected chi connectivity index (χ3v) is 10.5. The summed E-state index contributed by atoms with van der Waals surface area (Å²) in [5.74, 6) is 0.276. The Morgan fingerprint density at radius 3 is 2.20 bits per heavy atom. The van der Waals surface area contributed by atoms with E-state index < -0.39 is 15.3 Å².